The fourth-order valence-electron chi connectivity index (χ4n) is 1.95. The molecule has 2 rings (SSSR count). The normalized spacial score (nSPS) is 12.7. The molecule has 1 aromatic carbocycles. The van der Waals surface area contributed by atoms with E-state index < -0.39 is 0 Å². The van der Waals surface area contributed by atoms with Gasteiger partial charge in [-0.1, -0.05) is 27.5 Å². The van der Waals surface area contributed by atoms with Crippen LogP contribution in [0.1, 0.15) is 17.3 Å². The maximum Gasteiger partial charge on any atom is 0.0739 e. The number of methoxy groups -OCH3 is 1. The SMILES string of the molecule is COCCn1ncc(Br)c1C(N)c1cc(Cl)cc(Br)c1. The van der Waals surface area contributed by atoms with Gasteiger partial charge in [0.15, 0.2) is 0 Å². The summed E-state index contributed by atoms with van der Waals surface area (Å²) in [5.74, 6) is 0. The fourth-order valence-corrected chi connectivity index (χ4v) is 3.38. The van der Waals surface area contributed by atoms with Crippen LogP contribution in [-0.2, 0) is 11.3 Å². The fraction of sp³-hybridized carbons (Fsp3) is 0.308. The summed E-state index contributed by atoms with van der Waals surface area (Å²) in [4.78, 5) is 0. The summed E-state index contributed by atoms with van der Waals surface area (Å²) in [7, 11) is 1.66. The van der Waals surface area contributed by atoms with Crippen LogP contribution in [0.4, 0.5) is 0 Å². The van der Waals surface area contributed by atoms with E-state index in [2.05, 4.69) is 37.0 Å². The van der Waals surface area contributed by atoms with Gasteiger partial charge in [0, 0.05) is 16.6 Å². The topological polar surface area (TPSA) is 53.1 Å². The molecule has 0 spiro atoms. The van der Waals surface area contributed by atoms with Crippen LogP contribution in [0, 0.1) is 0 Å². The summed E-state index contributed by atoms with van der Waals surface area (Å²) in [6.07, 6.45) is 1.74. The van der Waals surface area contributed by atoms with Crippen LogP contribution in [0.3, 0.4) is 0 Å². The Bertz CT molecular complexity index is 583. The van der Waals surface area contributed by atoms with Crippen LogP contribution in [0.2, 0.25) is 5.02 Å². The Labute approximate surface area is 139 Å². The second kappa shape index (κ2) is 7.04. The Morgan fingerprint density at radius 3 is 2.80 bits per heavy atom. The van der Waals surface area contributed by atoms with Gasteiger partial charge in [0.25, 0.3) is 0 Å². The Balaban J connectivity index is 2.36. The molecular weight excluding hydrogens is 409 g/mol. The number of nitrogens with zero attached hydrogens (tertiary/aromatic N) is 2. The van der Waals surface area contributed by atoms with Gasteiger partial charge in [-0.25, -0.2) is 0 Å². The number of hydrogen-bond donors (Lipinski definition) is 1. The Hall–Kier alpha value is -0.400. The van der Waals surface area contributed by atoms with Gasteiger partial charge in [-0.15, -0.1) is 0 Å². The summed E-state index contributed by atoms with van der Waals surface area (Å²) in [6.45, 7) is 1.22. The summed E-state index contributed by atoms with van der Waals surface area (Å²) in [5.41, 5.74) is 8.18. The van der Waals surface area contributed by atoms with Gasteiger partial charge >= 0.3 is 0 Å². The highest BCUT2D eigenvalue weighted by molar-refractivity contribution is 9.10. The van der Waals surface area contributed by atoms with Crippen LogP contribution in [0.25, 0.3) is 0 Å². The van der Waals surface area contributed by atoms with E-state index in [1.807, 2.05) is 22.9 Å². The zero-order chi connectivity index (χ0) is 14.7. The molecule has 0 saturated carbocycles. The molecule has 0 fully saturated rings. The van der Waals surface area contributed by atoms with Crippen LogP contribution < -0.4 is 5.73 Å². The molecule has 2 N–H and O–H groups in total. The maximum atomic E-state index is 6.36. The molecule has 108 valence electrons. The predicted molar refractivity (Wildman–Crippen MR) is 87.0 cm³/mol. The van der Waals surface area contributed by atoms with Crippen molar-refractivity contribution in [2.45, 2.75) is 12.6 Å². The van der Waals surface area contributed by atoms with Crippen LogP contribution >= 0.6 is 43.5 Å². The lowest BCUT2D eigenvalue weighted by atomic mass is 10.0. The van der Waals surface area contributed by atoms with Gasteiger partial charge < -0.3 is 10.5 Å². The molecule has 0 saturated heterocycles. The third-order valence-electron chi connectivity index (χ3n) is 2.88. The van der Waals surface area contributed by atoms with Gasteiger partial charge in [0.05, 0.1) is 35.6 Å². The van der Waals surface area contributed by atoms with E-state index in [-0.39, 0.29) is 6.04 Å². The van der Waals surface area contributed by atoms with Crippen molar-refractivity contribution in [1.82, 2.24) is 9.78 Å². The number of rotatable bonds is 5. The molecule has 0 radical (unpaired) electrons. The molecule has 1 unspecified atom stereocenters. The van der Waals surface area contributed by atoms with Gasteiger partial charge in [-0.3, -0.25) is 4.68 Å². The molecule has 0 aliphatic rings. The monoisotopic (exact) mass is 421 g/mol. The van der Waals surface area contributed by atoms with Gasteiger partial charge in [-0.05, 0) is 39.7 Å². The summed E-state index contributed by atoms with van der Waals surface area (Å²) in [6, 6.07) is 5.32. The molecular formula is C13H14Br2ClN3O. The van der Waals surface area contributed by atoms with Crippen molar-refractivity contribution in [3.05, 3.63) is 49.6 Å². The average Bonchev–Trinajstić information content (AvgIpc) is 2.75. The molecule has 1 atom stereocenters. The second-order valence-corrected chi connectivity index (χ2v) is 6.48. The average molecular weight is 424 g/mol. The lowest BCUT2D eigenvalue weighted by Crippen LogP contribution is -2.19. The zero-order valence-corrected chi connectivity index (χ0v) is 14.7. The smallest absolute Gasteiger partial charge is 0.0739 e. The molecule has 20 heavy (non-hydrogen) atoms. The number of halogens is 3. The highest BCUT2D eigenvalue weighted by Gasteiger charge is 2.19. The van der Waals surface area contributed by atoms with Crippen molar-refractivity contribution < 1.29 is 4.74 Å². The highest BCUT2D eigenvalue weighted by Crippen LogP contribution is 2.30. The van der Waals surface area contributed by atoms with Crippen molar-refractivity contribution in [2.75, 3.05) is 13.7 Å². The van der Waals surface area contributed by atoms with Crippen molar-refractivity contribution in [2.24, 2.45) is 5.73 Å². The Morgan fingerprint density at radius 1 is 1.40 bits per heavy atom. The summed E-state index contributed by atoms with van der Waals surface area (Å²) < 4.78 is 8.70. The minimum atomic E-state index is -0.321. The minimum absolute atomic E-state index is 0.321. The first-order valence-corrected chi connectivity index (χ1v) is 7.91. The van der Waals surface area contributed by atoms with E-state index in [9.17, 15) is 0 Å². The first kappa shape index (κ1) is 16.0. The van der Waals surface area contributed by atoms with E-state index in [1.165, 1.54) is 0 Å². The number of hydrogen-bond acceptors (Lipinski definition) is 3. The van der Waals surface area contributed by atoms with Crippen LogP contribution in [0.5, 0.6) is 0 Å². The summed E-state index contributed by atoms with van der Waals surface area (Å²) in [5, 5.41) is 4.95. The number of benzene rings is 1. The van der Waals surface area contributed by atoms with Crippen molar-refractivity contribution >= 4 is 43.5 Å². The molecule has 0 amide bonds. The highest BCUT2D eigenvalue weighted by atomic mass is 79.9. The van der Waals surface area contributed by atoms with Gasteiger partial charge in [-0.2, -0.15) is 5.10 Å². The zero-order valence-electron chi connectivity index (χ0n) is 10.8. The molecule has 1 aromatic heterocycles. The lowest BCUT2D eigenvalue weighted by molar-refractivity contribution is 0.182. The molecule has 0 aliphatic heterocycles. The molecule has 1 heterocycles. The molecule has 0 bridgehead atoms. The number of nitrogens with two attached hydrogens (primary N) is 1. The predicted octanol–water partition coefficient (Wildman–Crippen LogP) is 3.76. The van der Waals surface area contributed by atoms with Gasteiger partial charge in [0.2, 0.25) is 0 Å². The number of aromatic nitrogens is 2. The van der Waals surface area contributed by atoms with E-state index in [0.717, 1.165) is 20.2 Å². The van der Waals surface area contributed by atoms with Crippen molar-refractivity contribution in [1.29, 1.82) is 0 Å². The molecule has 2 aromatic rings. The maximum absolute atomic E-state index is 6.36. The van der Waals surface area contributed by atoms with Crippen molar-refractivity contribution in [3.8, 4) is 0 Å². The second-order valence-electron chi connectivity index (χ2n) is 4.27. The van der Waals surface area contributed by atoms with Crippen molar-refractivity contribution in [3.63, 3.8) is 0 Å². The standard InChI is InChI=1S/C13H14Br2ClN3O/c1-20-3-2-19-13(11(15)7-18-19)12(17)8-4-9(14)6-10(16)5-8/h4-7,12H,2-3,17H2,1H3. The third-order valence-corrected chi connectivity index (χ3v) is 4.17. The quantitative estimate of drug-likeness (QED) is 0.797. The van der Waals surface area contributed by atoms with Crippen LogP contribution in [-0.4, -0.2) is 23.5 Å². The first-order chi connectivity index (χ1) is 9.52. The first-order valence-electron chi connectivity index (χ1n) is 5.94. The Morgan fingerprint density at radius 2 is 2.15 bits per heavy atom. The number of ether oxygens (including phenoxy) is 1. The lowest BCUT2D eigenvalue weighted by Gasteiger charge is -2.16. The molecule has 7 heteroatoms. The summed E-state index contributed by atoms with van der Waals surface area (Å²) >= 11 is 13.0. The largest absolute Gasteiger partial charge is 0.383 e. The van der Waals surface area contributed by atoms with E-state index in [4.69, 9.17) is 22.1 Å². The Kier molecular flexibility index (Phi) is 5.63. The van der Waals surface area contributed by atoms with E-state index in [1.54, 1.807) is 13.3 Å². The van der Waals surface area contributed by atoms with Crippen LogP contribution in [0.15, 0.2) is 33.3 Å². The van der Waals surface area contributed by atoms with Gasteiger partial charge in [0.1, 0.15) is 0 Å². The molecule has 0 aliphatic carbocycles. The molecule has 4 nitrogen and oxygen atoms in total. The third kappa shape index (κ3) is 3.62. The van der Waals surface area contributed by atoms with E-state index >= 15 is 0 Å². The van der Waals surface area contributed by atoms with E-state index in [0.29, 0.717) is 18.2 Å². The minimum Gasteiger partial charge on any atom is -0.383 e.